The van der Waals surface area contributed by atoms with Crippen LogP contribution in [0.25, 0.3) is 0 Å². The molecule has 2 atom stereocenters. The highest BCUT2D eigenvalue weighted by Gasteiger charge is 2.26. The summed E-state index contributed by atoms with van der Waals surface area (Å²) in [7, 11) is 0. The van der Waals surface area contributed by atoms with Crippen molar-refractivity contribution in [2.45, 2.75) is 38.8 Å². The van der Waals surface area contributed by atoms with E-state index in [0.29, 0.717) is 0 Å². The van der Waals surface area contributed by atoms with Crippen molar-refractivity contribution in [2.24, 2.45) is 11.7 Å². The third-order valence-electron chi connectivity index (χ3n) is 5.61. The van der Waals surface area contributed by atoms with Crippen LogP contribution in [0.3, 0.4) is 0 Å². The Hall–Kier alpha value is -4.79. The summed E-state index contributed by atoms with van der Waals surface area (Å²) in [5.74, 6) is -4.14. The lowest BCUT2D eigenvalue weighted by atomic mass is 10.0. The van der Waals surface area contributed by atoms with Crippen LogP contribution in [0.5, 0.6) is 0 Å². The van der Waals surface area contributed by atoms with Crippen LogP contribution in [0.4, 0.5) is 4.39 Å². The lowest BCUT2D eigenvalue weighted by Crippen LogP contribution is -2.51. The summed E-state index contributed by atoms with van der Waals surface area (Å²) in [5.41, 5.74) is 5.58. The topological polar surface area (TPSA) is 183 Å². The van der Waals surface area contributed by atoms with Crippen LogP contribution < -0.4 is 27.0 Å². The highest BCUT2D eigenvalue weighted by Crippen LogP contribution is 2.11. The van der Waals surface area contributed by atoms with Crippen LogP contribution in [-0.2, 0) is 25.6 Å². The van der Waals surface area contributed by atoms with Crippen LogP contribution in [0.2, 0.25) is 0 Å². The maximum Gasteiger partial charge on any atom is 0.251 e. The van der Waals surface area contributed by atoms with Crippen molar-refractivity contribution >= 4 is 29.5 Å². The smallest absolute Gasteiger partial charge is 0.251 e. The summed E-state index contributed by atoms with van der Waals surface area (Å²) < 4.78 is 13.6. The normalized spacial score (nSPS) is 12.0. The number of nitrogens with zero attached hydrogens (tertiary/aromatic N) is 1. The summed E-state index contributed by atoms with van der Waals surface area (Å²) in [6, 6.07) is 11.9. The first kappa shape index (κ1) is 30.4. The van der Waals surface area contributed by atoms with E-state index >= 15 is 0 Å². The number of carbonyl (C=O) groups is 5. The number of nitriles is 1. The van der Waals surface area contributed by atoms with Crippen LogP contribution in [0, 0.1) is 23.1 Å². The zero-order valence-electron chi connectivity index (χ0n) is 21.6. The Morgan fingerprint density at radius 2 is 1.67 bits per heavy atom. The molecule has 0 aliphatic heterocycles. The number of amides is 5. The average Bonchev–Trinajstić information content (AvgIpc) is 2.90. The van der Waals surface area contributed by atoms with Crippen LogP contribution in [0.15, 0.2) is 48.5 Å². The molecule has 0 aromatic heterocycles. The molecule has 2 aromatic carbocycles. The third-order valence-corrected chi connectivity index (χ3v) is 5.61. The van der Waals surface area contributed by atoms with E-state index < -0.39 is 47.4 Å². The molecule has 11 nitrogen and oxygen atoms in total. The molecule has 0 aliphatic rings. The lowest BCUT2D eigenvalue weighted by molar-refractivity contribution is -0.130. The Balaban J connectivity index is 1.95. The van der Waals surface area contributed by atoms with E-state index in [0.717, 1.165) is 17.7 Å². The molecule has 6 N–H and O–H groups in total. The number of primary amides is 1. The molecule has 0 fully saturated rings. The predicted octanol–water partition coefficient (Wildman–Crippen LogP) is 0.287. The third kappa shape index (κ3) is 9.88. The van der Waals surface area contributed by atoms with Gasteiger partial charge in [-0.15, -0.1) is 0 Å². The SMILES string of the molecule is CC(C)C(NC(=O)c1ccc(F)c(C#N)c1)C(=O)NCCC(=O)NC(Cc1ccccc1)C(=O)NCC(N)=O. The second-order valence-electron chi connectivity index (χ2n) is 9.04. The Morgan fingerprint density at radius 3 is 2.28 bits per heavy atom. The molecule has 0 aliphatic carbocycles. The molecule has 5 amide bonds. The van der Waals surface area contributed by atoms with Crippen molar-refractivity contribution in [3.05, 3.63) is 71.0 Å². The molecular formula is C27H31FN6O5. The van der Waals surface area contributed by atoms with E-state index in [4.69, 9.17) is 11.0 Å². The summed E-state index contributed by atoms with van der Waals surface area (Å²) in [4.78, 5) is 61.5. The van der Waals surface area contributed by atoms with Gasteiger partial charge in [0.2, 0.25) is 23.6 Å². The number of carbonyl (C=O) groups excluding carboxylic acids is 5. The molecule has 206 valence electrons. The number of rotatable bonds is 13. The fourth-order valence-corrected chi connectivity index (χ4v) is 3.54. The number of nitrogens with two attached hydrogens (primary N) is 1. The Morgan fingerprint density at radius 1 is 0.974 bits per heavy atom. The summed E-state index contributed by atoms with van der Waals surface area (Å²) in [5, 5.41) is 19.1. The molecule has 2 unspecified atom stereocenters. The second kappa shape index (κ2) is 14.8. The molecular weight excluding hydrogens is 507 g/mol. The summed E-state index contributed by atoms with van der Waals surface area (Å²) >= 11 is 0. The van der Waals surface area contributed by atoms with E-state index in [2.05, 4.69) is 21.3 Å². The minimum atomic E-state index is -0.980. The fraction of sp³-hybridized carbons (Fsp3) is 0.333. The Bertz CT molecular complexity index is 1240. The number of hydrogen-bond acceptors (Lipinski definition) is 6. The van der Waals surface area contributed by atoms with E-state index in [1.807, 2.05) is 6.07 Å². The molecule has 0 radical (unpaired) electrons. The Kier molecular flexibility index (Phi) is 11.6. The van der Waals surface area contributed by atoms with Crippen molar-refractivity contribution in [1.82, 2.24) is 21.3 Å². The van der Waals surface area contributed by atoms with Crippen molar-refractivity contribution in [2.75, 3.05) is 13.1 Å². The van der Waals surface area contributed by atoms with Gasteiger partial charge in [-0.2, -0.15) is 5.26 Å². The van der Waals surface area contributed by atoms with Crippen molar-refractivity contribution in [3.8, 4) is 6.07 Å². The quantitative estimate of drug-likeness (QED) is 0.244. The standard InChI is InChI=1S/C27H31FN6O5/c1-16(2)24(34-25(37)18-8-9-20(28)19(13-18)14-29)27(39)31-11-10-23(36)33-21(26(38)32-15-22(30)35)12-17-6-4-3-5-7-17/h3-9,13,16,21,24H,10-12,15H2,1-2H3,(H2,30,35)(H,31,39)(H,32,38)(H,33,36)(H,34,37). The number of halogens is 1. The van der Waals surface area contributed by atoms with Gasteiger partial charge in [-0.05, 0) is 29.7 Å². The van der Waals surface area contributed by atoms with Gasteiger partial charge in [0.15, 0.2) is 0 Å². The molecule has 0 spiro atoms. The Labute approximate surface area is 225 Å². The van der Waals surface area contributed by atoms with Crippen LogP contribution >= 0.6 is 0 Å². The minimum Gasteiger partial charge on any atom is -0.368 e. The van der Waals surface area contributed by atoms with Crippen LogP contribution in [0.1, 0.15) is 41.8 Å². The van der Waals surface area contributed by atoms with Gasteiger partial charge in [0.05, 0.1) is 12.1 Å². The average molecular weight is 539 g/mol. The van der Waals surface area contributed by atoms with E-state index in [1.165, 1.54) is 6.07 Å². The first-order valence-electron chi connectivity index (χ1n) is 12.2. The first-order chi connectivity index (χ1) is 18.5. The van der Waals surface area contributed by atoms with Gasteiger partial charge in [0, 0.05) is 24.9 Å². The van der Waals surface area contributed by atoms with Gasteiger partial charge in [-0.1, -0.05) is 44.2 Å². The largest absolute Gasteiger partial charge is 0.368 e. The maximum atomic E-state index is 13.6. The molecule has 39 heavy (non-hydrogen) atoms. The second-order valence-corrected chi connectivity index (χ2v) is 9.04. The number of benzene rings is 2. The zero-order chi connectivity index (χ0) is 28.9. The molecule has 0 heterocycles. The van der Waals surface area contributed by atoms with Gasteiger partial charge in [0.1, 0.15) is 24.0 Å². The molecule has 12 heteroatoms. The van der Waals surface area contributed by atoms with Gasteiger partial charge in [-0.25, -0.2) is 4.39 Å². The van der Waals surface area contributed by atoms with E-state index in [1.54, 1.807) is 44.2 Å². The fourth-order valence-electron chi connectivity index (χ4n) is 3.54. The number of nitrogens with one attached hydrogen (secondary N) is 4. The zero-order valence-corrected chi connectivity index (χ0v) is 21.6. The first-order valence-corrected chi connectivity index (χ1v) is 12.2. The summed E-state index contributed by atoms with van der Waals surface area (Å²) in [6.45, 7) is 2.96. The van der Waals surface area contributed by atoms with E-state index in [-0.39, 0.29) is 43.0 Å². The van der Waals surface area contributed by atoms with Crippen molar-refractivity contribution < 1.29 is 28.4 Å². The highest BCUT2D eigenvalue weighted by atomic mass is 19.1. The molecule has 2 aromatic rings. The van der Waals surface area contributed by atoms with Gasteiger partial charge in [0.25, 0.3) is 5.91 Å². The number of hydrogen-bond donors (Lipinski definition) is 5. The molecule has 0 saturated carbocycles. The van der Waals surface area contributed by atoms with E-state index in [9.17, 15) is 28.4 Å². The van der Waals surface area contributed by atoms with Gasteiger partial charge < -0.3 is 27.0 Å². The van der Waals surface area contributed by atoms with Crippen molar-refractivity contribution in [3.63, 3.8) is 0 Å². The minimum absolute atomic E-state index is 0.0184. The van der Waals surface area contributed by atoms with Crippen LogP contribution in [-0.4, -0.2) is 54.7 Å². The molecule has 0 bridgehead atoms. The van der Waals surface area contributed by atoms with Crippen molar-refractivity contribution in [1.29, 1.82) is 5.26 Å². The molecule has 2 rings (SSSR count). The summed E-state index contributed by atoms with van der Waals surface area (Å²) in [6.07, 6.45) is 0.00424. The molecule has 0 saturated heterocycles. The van der Waals surface area contributed by atoms with Gasteiger partial charge >= 0.3 is 0 Å². The highest BCUT2D eigenvalue weighted by molar-refractivity contribution is 5.98. The van der Waals surface area contributed by atoms with Gasteiger partial charge in [-0.3, -0.25) is 24.0 Å². The monoisotopic (exact) mass is 538 g/mol. The lowest BCUT2D eigenvalue weighted by Gasteiger charge is -2.22. The maximum absolute atomic E-state index is 13.6. The predicted molar refractivity (Wildman–Crippen MR) is 139 cm³/mol.